The predicted octanol–water partition coefficient (Wildman–Crippen LogP) is 4.86. The number of carbonyl (C=O) groups is 2. The molecule has 0 aromatic heterocycles. The van der Waals surface area contributed by atoms with Crippen molar-refractivity contribution in [1.29, 1.82) is 0 Å². The van der Waals surface area contributed by atoms with Gasteiger partial charge in [-0.1, -0.05) is 44.7 Å². The summed E-state index contributed by atoms with van der Waals surface area (Å²) in [5.74, 6) is -0.716. The lowest BCUT2D eigenvalue weighted by Gasteiger charge is -2.34. The highest BCUT2D eigenvalue weighted by atomic mass is 32.2. The molecule has 0 bridgehead atoms. The molecule has 13 heteroatoms. The third-order valence-corrected chi connectivity index (χ3v) is 9.73. The lowest BCUT2D eigenvalue weighted by Crippen LogP contribution is -2.52. The van der Waals surface area contributed by atoms with Crippen molar-refractivity contribution in [1.82, 2.24) is 9.21 Å². The molecule has 0 spiro atoms. The summed E-state index contributed by atoms with van der Waals surface area (Å²) in [5.41, 5.74) is -0.337. The second-order valence-corrected chi connectivity index (χ2v) is 14.8. The number of nitrogens with one attached hydrogen (secondary N) is 1. The van der Waals surface area contributed by atoms with Crippen LogP contribution in [0.2, 0.25) is 0 Å². The predicted molar refractivity (Wildman–Crippen MR) is 161 cm³/mol. The Morgan fingerprint density at radius 1 is 0.857 bits per heavy atom. The number of hydrogen-bond acceptors (Lipinski definition) is 8. The van der Waals surface area contributed by atoms with Gasteiger partial charge in [0.05, 0.1) is 16.2 Å². The highest BCUT2D eigenvalue weighted by Crippen LogP contribution is 2.24. The maximum absolute atomic E-state index is 13.1. The number of para-hydroxylation sites is 1. The number of hydrogen-bond donors (Lipinski definition) is 1. The summed E-state index contributed by atoms with van der Waals surface area (Å²) < 4.78 is 63.2. The molecule has 0 unspecified atom stereocenters. The molecule has 0 aliphatic carbocycles. The van der Waals surface area contributed by atoms with E-state index in [4.69, 9.17) is 8.92 Å². The summed E-state index contributed by atoms with van der Waals surface area (Å²) >= 11 is 0. The molecule has 3 rings (SSSR count). The minimum Gasteiger partial charge on any atom is -0.444 e. The van der Waals surface area contributed by atoms with Crippen LogP contribution in [0.4, 0.5) is 10.5 Å². The van der Waals surface area contributed by atoms with Crippen LogP contribution in [0, 0.1) is 0 Å². The summed E-state index contributed by atoms with van der Waals surface area (Å²) in [5, 5.41) is 2.67. The molecule has 0 atom stereocenters. The van der Waals surface area contributed by atoms with Gasteiger partial charge in [0.15, 0.2) is 15.6 Å². The van der Waals surface area contributed by atoms with Crippen molar-refractivity contribution in [3.8, 4) is 5.75 Å². The molecule has 1 N–H and O–H groups in total. The van der Waals surface area contributed by atoms with E-state index in [1.165, 1.54) is 41.3 Å². The second-order valence-electron chi connectivity index (χ2n) is 11.1. The van der Waals surface area contributed by atoms with Crippen LogP contribution in [0.3, 0.4) is 0 Å². The zero-order valence-corrected chi connectivity index (χ0v) is 26.3. The van der Waals surface area contributed by atoms with E-state index < -0.39 is 37.7 Å². The van der Waals surface area contributed by atoms with Crippen molar-refractivity contribution < 1.29 is 35.3 Å². The number of rotatable bonds is 12. The smallest absolute Gasteiger partial charge is 0.410 e. The Morgan fingerprint density at radius 3 is 2.10 bits per heavy atom. The minimum absolute atomic E-state index is 0.00390. The highest BCUT2D eigenvalue weighted by Gasteiger charge is 2.33. The molecule has 42 heavy (non-hydrogen) atoms. The lowest BCUT2D eigenvalue weighted by atomic mass is 10.2. The fourth-order valence-electron chi connectivity index (χ4n) is 4.27. The van der Waals surface area contributed by atoms with Gasteiger partial charge >= 0.3 is 16.4 Å². The third kappa shape index (κ3) is 9.70. The van der Waals surface area contributed by atoms with Crippen LogP contribution in [-0.4, -0.2) is 75.6 Å². The molecule has 2 aromatic rings. The second kappa shape index (κ2) is 14.3. The summed E-state index contributed by atoms with van der Waals surface area (Å²) in [6.45, 7) is 7.63. The SMILES string of the molecule is CCCCCCCS(=O)(=O)c1ccc(NC(=O)c2ccccc2OS(=O)(=O)N2CCN(C(=O)OC(C)(C)C)CC2)cc1. The first-order valence-electron chi connectivity index (χ1n) is 14.1. The number of sulfone groups is 1. The van der Waals surface area contributed by atoms with Gasteiger partial charge in [0, 0.05) is 31.9 Å². The Morgan fingerprint density at radius 2 is 1.48 bits per heavy atom. The average molecular weight is 624 g/mol. The number of benzene rings is 2. The van der Waals surface area contributed by atoms with Gasteiger partial charge in [0.1, 0.15) is 5.60 Å². The molecular weight excluding hydrogens is 582 g/mol. The minimum atomic E-state index is -4.28. The van der Waals surface area contributed by atoms with Gasteiger partial charge < -0.3 is 19.1 Å². The molecule has 1 heterocycles. The van der Waals surface area contributed by atoms with Gasteiger partial charge in [0.25, 0.3) is 5.91 Å². The van der Waals surface area contributed by atoms with Crippen molar-refractivity contribution in [2.75, 3.05) is 37.2 Å². The summed E-state index contributed by atoms with van der Waals surface area (Å²) in [7, 11) is -7.71. The normalized spacial score (nSPS) is 14.8. The van der Waals surface area contributed by atoms with Crippen molar-refractivity contribution in [2.45, 2.75) is 70.3 Å². The molecule has 1 fully saturated rings. The maximum Gasteiger partial charge on any atom is 0.410 e. The summed E-state index contributed by atoms with van der Waals surface area (Å²) in [4.78, 5) is 27.0. The fraction of sp³-hybridized carbons (Fsp3) is 0.517. The van der Waals surface area contributed by atoms with Crippen LogP contribution in [0.1, 0.15) is 70.2 Å². The molecule has 2 aromatic carbocycles. The Kier molecular flexibility index (Phi) is 11.4. The number of unbranched alkanes of at least 4 members (excludes halogenated alkanes) is 4. The lowest BCUT2D eigenvalue weighted by molar-refractivity contribution is 0.0189. The van der Waals surface area contributed by atoms with E-state index in [1.807, 2.05) is 0 Å². The summed E-state index contributed by atoms with van der Waals surface area (Å²) in [6, 6.07) is 11.8. The van der Waals surface area contributed by atoms with Crippen LogP contribution >= 0.6 is 0 Å². The molecule has 1 aliphatic heterocycles. The van der Waals surface area contributed by atoms with Crippen LogP contribution in [0.15, 0.2) is 53.4 Å². The quantitative estimate of drug-likeness (QED) is 0.331. The van der Waals surface area contributed by atoms with Crippen LogP contribution < -0.4 is 9.50 Å². The van der Waals surface area contributed by atoms with Gasteiger partial charge in [-0.15, -0.1) is 0 Å². The molecule has 11 nitrogen and oxygen atoms in total. The van der Waals surface area contributed by atoms with E-state index in [2.05, 4.69) is 12.2 Å². The maximum atomic E-state index is 13.1. The molecule has 2 amide bonds. The first-order valence-corrected chi connectivity index (χ1v) is 17.1. The van der Waals surface area contributed by atoms with Gasteiger partial charge in [-0.2, -0.15) is 12.7 Å². The standard InChI is InChI=1S/C29H41N3O8S2/c1-5-6-7-8-11-22-41(35,36)24-16-14-23(15-17-24)30-27(33)25-12-9-10-13-26(25)40-42(37,38)32-20-18-31(19-21-32)28(34)39-29(2,3)4/h9-10,12-17H,5-8,11,18-22H2,1-4H3,(H,30,33). The van der Waals surface area contributed by atoms with E-state index in [0.717, 1.165) is 30.0 Å². The first kappa shape index (κ1) is 33.3. The largest absolute Gasteiger partial charge is 0.444 e. The molecule has 0 saturated carbocycles. The van der Waals surface area contributed by atoms with Crippen molar-refractivity contribution in [3.05, 3.63) is 54.1 Å². The van der Waals surface area contributed by atoms with E-state index in [-0.39, 0.29) is 48.1 Å². The topological polar surface area (TPSA) is 139 Å². The zero-order chi connectivity index (χ0) is 31.0. The average Bonchev–Trinajstić information content (AvgIpc) is 2.92. The molecular formula is C29H41N3O8S2. The Balaban J connectivity index is 1.61. The molecule has 232 valence electrons. The first-order chi connectivity index (χ1) is 19.7. The van der Waals surface area contributed by atoms with Gasteiger partial charge in [-0.3, -0.25) is 4.79 Å². The monoisotopic (exact) mass is 623 g/mol. The van der Waals surface area contributed by atoms with Crippen molar-refractivity contribution in [3.63, 3.8) is 0 Å². The van der Waals surface area contributed by atoms with Crippen LogP contribution in [0.5, 0.6) is 5.75 Å². The Bertz CT molecular complexity index is 1430. The number of nitrogens with zero attached hydrogens (tertiary/aromatic N) is 2. The van der Waals surface area contributed by atoms with E-state index in [9.17, 15) is 26.4 Å². The zero-order valence-electron chi connectivity index (χ0n) is 24.7. The molecule has 1 saturated heterocycles. The summed E-state index contributed by atoms with van der Waals surface area (Å²) in [6.07, 6.45) is 4.12. The van der Waals surface area contributed by atoms with Crippen LogP contribution in [-0.2, 0) is 24.9 Å². The van der Waals surface area contributed by atoms with Gasteiger partial charge in [-0.05, 0) is 63.6 Å². The van der Waals surface area contributed by atoms with Crippen LogP contribution in [0.25, 0.3) is 0 Å². The number of anilines is 1. The van der Waals surface area contributed by atoms with E-state index >= 15 is 0 Å². The number of ether oxygens (including phenoxy) is 1. The fourth-order valence-corrected chi connectivity index (χ4v) is 6.73. The van der Waals surface area contributed by atoms with E-state index in [1.54, 1.807) is 32.9 Å². The molecule has 1 aliphatic rings. The number of piperazine rings is 1. The number of amides is 2. The van der Waals surface area contributed by atoms with Gasteiger partial charge in [-0.25, -0.2) is 13.2 Å². The molecule has 0 radical (unpaired) electrons. The number of carbonyl (C=O) groups excluding carboxylic acids is 2. The Labute approximate surface area is 249 Å². The van der Waals surface area contributed by atoms with E-state index in [0.29, 0.717) is 12.1 Å². The Hall–Kier alpha value is -3.16. The highest BCUT2D eigenvalue weighted by molar-refractivity contribution is 7.91. The van der Waals surface area contributed by atoms with Crippen molar-refractivity contribution >= 4 is 37.8 Å². The van der Waals surface area contributed by atoms with Gasteiger partial charge in [0.2, 0.25) is 0 Å². The van der Waals surface area contributed by atoms with Crippen molar-refractivity contribution in [2.24, 2.45) is 0 Å². The third-order valence-electron chi connectivity index (χ3n) is 6.52.